The van der Waals surface area contributed by atoms with Gasteiger partial charge in [0.1, 0.15) is 0 Å². The monoisotopic (exact) mass is 310 g/mol. The van der Waals surface area contributed by atoms with Gasteiger partial charge in [0.2, 0.25) is 5.91 Å². The lowest BCUT2D eigenvalue weighted by molar-refractivity contribution is -0.119. The summed E-state index contributed by atoms with van der Waals surface area (Å²) >= 11 is 1.75. The molecule has 14 heavy (non-hydrogen) atoms. The van der Waals surface area contributed by atoms with E-state index in [1.165, 1.54) is 0 Å². The lowest BCUT2D eigenvalue weighted by Gasteiger charge is -2.28. The van der Waals surface area contributed by atoms with Gasteiger partial charge in [0.05, 0.1) is 0 Å². The van der Waals surface area contributed by atoms with E-state index in [1.807, 2.05) is 0 Å². The molecule has 1 aliphatic rings. The van der Waals surface area contributed by atoms with Gasteiger partial charge in [-0.3, -0.25) is 9.59 Å². The molecule has 80 valence electrons. The van der Waals surface area contributed by atoms with E-state index < -0.39 is 0 Å². The number of carbonyl (C=O) groups excluding carboxylic acids is 2. The minimum Gasteiger partial charge on any atom is -0.354 e. The Labute approximate surface area is 97.3 Å². The minimum atomic E-state index is 0.00516. The number of carbonyl (C=O) groups is 2. The molecule has 0 heterocycles. The Kier molecular flexibility index (Phi) is 4.64. The zero-order valence-electron chi connectivity index (χ0n) is 8.18. The molecule has 2 amide bonds. The van der Waals surface area contributed by atoms with Crippen LogP contribution >= 0.6 is 22.6 Å². The summed E-state index contributed by atoms with van der Waals surface area (Å²) in [6.45, 7) is 1.54. The van der Waals surface area contributed by atoms with Gasteiger partial charge >= 0.3 is 0 Å². The standard InChI is InChI=1S/C9H15IN2O2/c1-6(13)11-7-2-4-8(5-3-7)12-9(10)14/h7-8H,2-5H2,1H3,(H,11,13)(H,12,14). The molecule has 0 aromatic rings. The fraction of sp³-hybridized carbons (Fsp3) is 0.778. The van der Waals surface area contributed by atoms with E-state index >= 15 is 0 Å². The van der Waals surface area contributed by atoms with Crippen LogP contribution in [0.1, 0.15) is 32.6 Å². The fourth-order valence-electron chi connectivity index (χ4n) is 1.83. The summed E-state index contributed by atoms with van der Waals surface area (Å²) in [6.07, 6.45) is 3.84. The van der Waals surface area contributed by atoms with Crippen LogP contribution in [0.5, 0.6) is 0 Å². The van der Waals surface area contributed by atoms with Gasteiger partial charge in [-0.2, -0.15) is 0 Å². The number of hydrogen-bond donors (Lipinski definition) is 2. The van der Waals surface area contributed by atoms with E-state index in [0.717, 1.165) is 25.7 Å². The first-order valence-electron chi connectivity index (χ1n) is 4.81. The van der Waals surface area contributed by atoms with Crippen LogP contribution in [0.2, 0.25) is 0 Å². The van der Waals surface area contributed by atoms with Gasteiger partial charge in [0, 0.05) is 41.6 Å². The van der Waals surface area contributed by atoms with Crippen molar-refractivity contribution in [1.82, 2.24) is 10.6 Å². The molecule has 4 nitrogen and oxygen atoms in total. The number of nitrogens with one attached hydrogen (secondary N) is 2. The lowest BCUT2D eigenvalue weighted by atomic mass is 9.91. The molecule has 1 saturated carbocycles. The summed E-state index contributed by atoms with van der Waals surface area (Å²) in [7, 11) is 0. The Balaban J connectivity index is 2.24. The second-order valence-electron chi connectivity index (χ2n) is 3.67. The SMILES string of the molecule is CC(=O)NC1CCC(NC(=O)I)CC1. The largest absolute Gasteiger partial charge is 0.354 e. The van der Waals surface area contributed by atoms with E-state index in [2.05, 4.69) is 10.6 Å². The van der Waals surface area contributed by atoms with Crippen molar-refractivity contribution >= 4 is 32.4 Å². The third kappa shape index (κ3) is 4.26. The average molecular weight is 310 g/mol. The van der Waals surface area contributed by atoms with Crippen LogP contribution in [-0.2, 0) is 4.79 Å². The number of hydrogen-bond acceptors (Lipinski definition) is 2. The molecular formula is C9H15IN2O2. The molecule has 1 aliphatic carbocycles. The predicted octanol–water partition coefficient (Wildman–Crippen LogP) is 1.58. The highest BCUT2D eigenvalue weighted by atomic mass is 127. The molecule has 0 spiro atoms. The van der Waals surface area contributed by atoms with Crippen molar-refractivity contribution in [3.8, 4) is 0 Å². The van der Waals surface area contributed by atoms with E-state index in [4.69, 9.17) is 0 Å². The topological polar surface area (TPSA) is 58.2 Å². The predicted molar refractivity (Wildman–Crippen MR) is 62.4 cm³/mol. The van der Waals surface area contributed by atoms with Gasteiger partial charge in [0.25, 0.3) is 3.91 Å². The normalized spacial score (nSPS) is 26.7. The molecule has 0 bridgehead atoms. The van der Waals surface area contributed by atoms with Crippen LogP contribution in [-0.4, -0.2) is 21.9 Å². The van der Waals surface area contributed by atoms with Crippen LogP contribution in [0.25, 0.3) is 0 Å². The molecule has 0 unspecified atom stereocenters. The second kappa shape index (κ2) is 5.53. The number of rotatable bonds is 2. The van der Waals surface area contributed by atoms with Crippen LogP contribution in [0.3, 0.4) is 0 Å². The maximum absolute atomic E-state index is 10.8. The minimum absolute atomic E-state index is 0.00516. The third-order valence-corrected chi connectivity index (χ3v) is 2.76. The second-order valence-corrected chi connectivity index (χ2v) is 4.65. The number of halogens is 1. The van der Waals surface area contributed by atoms with Crippen molar-refractivity contribution in [3.05, 3.63) is 0 Å². The summed E-state index contributed by atoms with van der Waals surface area (Å²) < 4.78 is 0.00516. The summed E-state index contributed by atoms with van der Waals surface area (Å²) in [5.41, 5.74) is 0. The zero-order chi connectivity index (χ0) is 10.6. The molecule has 5 heteroatoms. The zero-order valence-corrected chi connectivity index (χ0v) is 10.3. The van der Waals surface area contributed by atoms with Crippen molar-refractivity contribution in [3.63, 3.8) is 0 Å². The highest BCUT2D eigenvalue weighted by molar-refractivity contribution is 14.1. The van der Waals surface area contributed by atoms with Crippen LogP contribution in [0, 0.1) is 0 Å². The quantitative estimate of drug-likeness (QED) is 0.462. The highest BCUT2D eigenvalue weighted by Crippen LogP contribution is 2.18. The van der Waals surface area contributed by atoms with E-state index in [0.29, 0.717) is 12.1 Å². The molecule has 0 radical (unpaired) electrons. The van der Waals surface area contributed by atoms with Gasteiger partial charge < -0.3 is 10.6 Å². The van der Waals surface area contributed by atoms with E-state index in [-0.39, 0.29) is 9.82 Å². The molecule has 0 aromatic heterocycles. The molecule has 0 aliphatic heterocycles. The van der Waals surface area contributed by atoms with Gasteiger partial charge in [-0.05, 0) is 25.7 Å². The van der Waals surface area contributed by atoms with Crippen molar-refractivity contribution in [2.24, 2.45) is 0 Å². The Bertz CT molecular complexity index is 201. The first-order valence-corrected chi connectivity index (χ1v) is 5.89. The van der Waals surface area contributed by atoms with E-state index in [9.17, 15) is 9.59 Å². The molecule has 0 saturated heterocycles. The lowest BCUT2D eigenvalue weighted by Crippen LogP contribution is -2.41. The molecular weight excluding hydrogens is 295 g/mol. The van der Waals surface area contributed by atoms with Crippen molar-refractivity contribution in [1.29, 1.82) is 0 Å². The molecule has 0 atom stereocenters. The molecule has 0 aromatic carbocycles. The van der Waals surface area contributed by atoms with Gasteiger partial charge in [-0.15, -0.1) is 0 Å². The Morgan fingerprint density at radius 1 is 1.07 bits per heavy atom. The summed E-state index contributed by atoms with van der Waals surface area (Å²) in [5.74, 6) is 0.0337. The first kappa shape index (κ1) is 11.7. The Morgan fingerprint density at radius 2 is 1.50 bits per heavy atom. The third-order valence-electron chi connectivity index (χ3n) is 2.45. The summed E-state index contributed by atoms with van der Waals surface area (Å²) in [6, 6.07) is 0.597. The van der Waals surface area contributed by atoms with Gasteiger partial charge in [-0.1, -0.05) is 0 Å². The summed E-state index contributed by atoms with van der Waals surface area (Å²) in [5, 5.41) is 5.79. The van der Waals surface area contributed by atoms with Crippen LogP contribution < -0.4 is 10.6 Å². The smallest absolute Gasteiger partial charge is 0.280 e. The van der Waals surface area contributed by atoms with Gasteiger partial charge in [0.15, 0.2) is 0 Å². The first-order chi connectivity index (χ1) is 6.58. The van der Waals surface area contributed by atoms with Crippen LogP contribution in [0.4, 0.5) is 4.79 Å². The molecule has 1 rings (SSSR count). The molecule has 2 N–H and O–H groups in total. The highest BCUT2D eigenvalue weighted by Gasteiger charge is 2.21. The van der Waals surface area contributed by atoms with Crippen molar-refractivity contribution < 1.29 is 9.59 Å². The van der Waals surface area contributed by atoms with Crippen molar-refractivity contribution in [2.45, 2.75) is 44.7 Å². The average Bonchev–Trinajstić information content (AvgIpc) is 2.06. The van der Waals surface area contributed by atoms with E-state index in [1.54, 1.807) is 29.5 Å². The van der Waals surface area contributed by atoms with Crippen molar-refractivity contribution in [2.75, 3.05) is 0 Å². The fourth-order valence-corrected chi connectivity index (χ4v) is 2.27. The Hall–Kier alpha value is -0.330. The van der Waals surface area contributed by atoms with Crippen LogP contribution in [0.15, 0.2) is 0 Å². The molecule has 1 fully saturated rings. The summed E-state index contributed by atoms with van der Waals surface area (Å²) in [4.78, 5) is 21.6. The number of amides is 2. The maximum atomic E-state index is 10.8. The Morgan fingerprint density at radius 3 is 1.86 bits per heavy atom. The maximum Gasteiger partial charge on any atom is 0.280 e. The van der Waals surface area contributed by atoms with Gasteiger partial charge in [-0.25, -0.2) is 0 Å².